The van der Waals surface area contributed by atoms with Crippen LogP contribution in [0.25, 0.3) is 0 Å². The molecule has 0 bridgehead atoms. The lowest BCUT2D eigenvalue weighted by molar-refractivity contribution is 0.218. The van der Waals surface area contributed by atoms with Gasteiger partial charge in [-0.3, -0.25) is 0 Å². The number of hydrogen-bond donors (Lipinski definition) is 0. The quantitative estimate of drug-likeness (QED) is 0.609. The summed E-state index contributed by atoms with van der Waals surface area (Å²) >= 11 is 0. The topological polar surface area (TPSA) is 38.7 Å². The summed E-state index contributed by atoms with van der Waals surface area (Å²) in [4.78, 5) is 14.4. The van der Waals surface area contributed by atoms with Gasteiger partial charge in [-0.1, -0.05) is 0 Å². The van der Waals surface area contributed by atoms with Gasteiger partial charge in [0, 0.05) is 11.6 Å². The second-order valence-corrected chi connectivity index (χ2v) is 5.06. The molecule has 0 atom stereocenters. The van der Waals surface area contributed by atoms with Crippen molar-refractivity contribution in [3.05, 3.63) is 28.8 Å². The Kier molecular flexibility index (Phi) is 2.86. The molecule has 2 aliphatic rings. The Hall–Kier alpha value is -1.74. The number of carbonyl (C=O) groups excluding carboxylic acids is 1. The molecule has 0 aromatic heterocycles. The van der Waals surface area contributed by atoms with Gasteiger partial charge in [0.1, 0.15) is 22.9 Å². The molecule has 1 aliphatic carbocycles. The van der Waals surface area contributed by atoms with Crippen LogP contribution in [0.5, 0.6) is 5.75 Å². The third-order valence-corrected chi connectivity index (χ3v) is 4.00. The van der Waals surface area contributed by atoms with Crippen molar-refractivity contribution in [3.63, 3.8) is 0 Å². The van der Waals surface area contributed by atoms with Gasteiger partial charge in [0.2, 0.25) is 6.08 Å². The maximum atomic E-state index is 14.2. The molecule has 100 valence electrons. The minimum absolute atomic E-state index is 0.234. The van der Waals surface area contributed by atoms with Gasteiger partial charge in [0.25, 0.3) is 0 Å². The minimum atomic E-state index is -0.902. The molecule has 1 fully saturated rings. The van der Waals surface area contributed by atoms with E-state index < -0.39 is 17.2 Å². The fourth-order valence-electron chi connectivity index (χ4n) is 2.90. The lowest BCUT2D eigenvalue weighted by atomic mass is 9.71. The molecule has 0 spiro atoms. The highest BCUT2D eigenvalue weighted by Crippen LogP contribution is 2.51. The lowest BCUT2D eigenvalue weighted by Gasteiger charge is -2.39. The van der Waals surface area contributed by atoms with Crippen molar-refractivity contribution in [2.75, 3.05) is 6.61 Å². The Labute approximate surface area is 109 Å². The van der Waals surface area contributed by atoms with Crippen molar-refractivity contribution < 1.29 is 18.3 Å². The van der Waals surface area contributed by atoms with Crippen LogP contribution in [0.1, 0.15) is 36.8 Å². The summed E-state index contributed by atoms with van der Waals surface area (Å²) in [7, 11) is 0. The number of rotatable bonds is 2. The Bertz CT molecular complexity index is 575. The first-order valence-corrected chi connectivity index (χ1v) is 6.41. The third kappa shape index (κ3) is 1.77. The number of halogens is 2. The molecule has 1 aromatic carbocycles. The largest absolute Gasteiger partial charge is 0.493 e. The van der Waals surface area contributed by atoms with Crippen LogP contribution in [-0.2, 0) is 16.8 Å². The van der Waals surface area contributed by atoms with E-state index in [1.54, 1.807) is 0 Å². The average molecular weight is 265 g/mol. The highest BCUT2D eigenvalue weighted by Gasteiger charge is 2.44. The van der Waals surface area contributed by atoms with Gasteiger partial charge in [-0.2, -0.15) is 4.99 Å². The molecule has 0 amide bonds. The molecular weight excluding hydrogens is 252 g/mol. The van der Waals surface area contributed by atoms with E-state index >= 15 is 0 Å². The molecule has 1 saturated carbocycles. The van der Waals surface area contributed by atoms with Gasteiger partial charge < -0.3 is 4.74 Å². The molecule has 1 heterocycles. The zero-order valence-corrected chi connectivity index (χ0v) is 10.3. The molecule has 5 heteroatoms. The summed E-state index contributed by atoms with van der Waals surface area (Å²) in [6, 6.07) is 0.878. The summed E-state index contributed by atoms with van der Waals surface area (Å²) in [6.45, 7) is 0.434. The maximum Gasteiger partial charge on any atom is 0.235 e. The summed E-state index contributed by atoms with van der Waals surface area (Å²) < 4.78 is 33.4. The van der Waals surface area contributed by atoms with Crippen molar-refractivity contribution in [2.45, 2.75) is 37.6 Å². The van der Waals surface area contributed by atoms with E-state index in [2.05, 4.69) is 4.99 Å². The summed E-state index contributed by atoms with van der Waals surface area (Å²) in [5.74, 6) is -1.01. The van der Waals surface area contributed by atoms with Crippen molar-refractivity contribution >= 4 is 6.08 Å². The van der Waals surface area contributed by atoms with Crippen LogP contribution in [0, 0.1) is 11.6 Å². The third-order valence-electron chi connectivity index (χ3n) is 4.00. The predicted molar refractivity (Wildman–Crippen MR) is 63.8 cm³/mol. The van der Waals surface area contributed by atoms with Crippen LogP contribution in [0.4, 0.5) is 8.78 Å². The monoisotopic (exact) mass is 265 g/mol. The highest BCUT2D eigenvalue weighted by molar-refractivity contribution is 5.51. The van der Waals surface area contributed by atoms with E-state index in [1.807, 2.05) is 0 Å². The SMILES string of the molecule is O=C=NC1(c2c(F)cc(F)c3c2OCCC3)CCC1. The van der Waals surface area contributed by atoms with Gasteiger partial charge >= 0.3 is 0 Å². The molecule has 1 aliphatic heterocycles. The predicted octanol–water partition coefficient (Wildman–Crippen LogP) is 3.00. The van der Waals surface area contributed by atoms with Gasteiger partial charge in [-0.25, -0.2) is 13.6 Å². The van der Waals surface area contributed by atoms with E-state index in [9.17, 15) is 13.6 Å². The van der Waals surface area contributed by atoms with E-state index in [-0.39, 0.29) is 11.3 Å². The second-order valence-electron chi connectivity index (χ2n) is 5.06. The zero-order valence-electron chi connectivity index (χ0n) is 10.3. The summed E-state index contributed by atoms with van der Waals surface area (Å²) in [6.07, 6.45) is 4.75. The maximum absolute atomic E-state index is 14.2. The fourth-order valence-corrected chi connectivity index (χ4v) is 2.90. The normalized spacial score (nSPS) is 19.7. The van der Waals surface area contributed by atoms with Crippen LogP contribution in [0.3, 0.4) is 0 Å². The molecule has 0 unspecified atom stereocenters. The van der Waals surface area contributed by atoms with E-state index in [0.29, 0.717) is 37.9 Å². The molecule has 3 rings (SSSR count). The fraction of sp³-hybridized carbons (Fsp3) is 0.500. The van der Waals surface area contributed by atoms with Crippen LogP contribution in [0.15, 0.2) is 11.1 Å². The summed E-state index contributed by atoms with van der Waals surface area (Å²) in [5.41, 5.74) is -0.269. The molecule has 0 N–H and O–H groups in total. The number of benzene rings is 1. The Morgan fingerprint density at radius 3 is 2.68 bits per heavy atom. The number of hydrogen-bond acceptors (Lipinski definition) is 3. The molecule has 0 saturated heterocycles. The van der Waals surface area contributed by atoms with Crippen molar-refractivity contribution in [1.29, 1.82) is 0 Å². The molecule has 1 aromatic rings. The van der Waals surface area contributed by atoms with Crippen LogP contribution in [0.2, 0.25) is 0 Å². The second kappa shape index (κ2) is 4.42. The molecule has 0 radical (unpaired) electrons. The van der Waals surface area contributed by atoms with Crippen molar-refractivity contribution in [1.82, 2.24) is 0 Å². The number of ether oxygens (including phenoxy) is 1. The first kappa shape index (κ1) is 12.3. The zero-order chi connectivity index (χ0) is 13.5. The lowest BCUT2D eigenvalue weighted by Crippen LogP contribution is -2.34. The van der Waals surface area contributed by atoms with Gasteiger partial charge in [0.15, 0.2) is 0 Å². The van der Waals surface area contributed by atoms with Crippen molar-refractivity contribution in [3.8, 4) is 5.75 Å². The van der Waals surface area contributed by atoms with Crippen LogP contribution >= 0.6 is 0 Å². The van der Waals surface area contributed by atoms with Gasteiger partial charge in [-0.15, -0.1) is 0 Å². The number of aliphatic imine (C=N–C) groups is 1. The first-order valence-electron chi connectivity index (χ1n) is 6.41. The smallest absolute Gasteiger partial charge is 0.235 e. The minimum Gasteiger partial charge on any atom is -0.493 e. The standard InChI is InChI=1S/C14H13F2NO2/c15-10-7-11(16)12(13-9(10)3-1-6-19-13)14(17-8-18)4-2-5-14/h7H,1-6H2. The Morgan fingerprint density at radius 1 is 1.26 bits per heavy atom. The van der Waals surface area contributed by atoms with Gasteiger partial charge in [0.05, 0.1) is 12.2 Å². The van der Waals surface area contributed by atoms with E-state index in [1.165, 1.54) is 6.08 Å². The molecular formula is C14H13F2NO2. The van der Waals surface area contributed by atoms with Crippen LogP contribution in [-0.4, -0.2) is 12.7 Å². The number of fused-ring (bicyclic) bond motifs is 1. The highest BCUT2D eigenvalue weighted by atomic mass is 19.1. The van der Waals surface area contributed by atoms with Crippen molar-refractivity contribution in [2.24, 2.45) is 4.99 Å². The number of nitrogens with zero attached hydrogens (tertiary/aromatic N) is 1. The summed E-state index contributed by atoms with van der Waals surface area (Å²) in [5, 5.41) is 0. The first-order chi connectivity index (χ1) is 9.18. The number of isocyanates is 1. The van der Waals surface area contributed by atoms with E-state index in [4.69, 9.17) is 4.74 Å². The average Bonchev–Trinajstić information content (AvgIpc) is 2.35. The molecule has 3 nitrogen and oxygen atoms in total. The molecule has 19 heavy (non-hydrogen) atoms. The van der Waals surface area contributed by atoms with E-state index in [0.717, 1.165) is 12.5 Å². The Balaban J connectivity index is 2.23. The van der Waals surface area contributed by atoms with Gasteiger partial charge in [-0.05, 0) is 32.1 Å². The van der Waals surface area contributed by atoms with Crippen LogP contribution < -0.4 is 4.74 Å². The Morgan fingerprint density at radius 2 is 2.05 bits per heavy atom.